The summed E-state index contributed by atoms with van der Waals surface area (Å²) in [6.45, 7) is 9.45. The van der Waals surface area contributed by atoms with Crippen LogP contribution in [0.3, 0.4) is 0 Å². The number of nitrogens with zero attached hydrogens (tertiary/aromatic N) is 1. The summed E-state index contributed by atoms with van der Waals surface area (Å²) in [5.74, 6) is 0.836. The molecule has 0 rings (SSSR count). The normalized spacial score (nSPS) is 12.2. The van der Waals surface area contributed by atoms with E-state index in [0.717, 1.165) is 90.2 Å². The molecule has 0 saturated heterocycles. The molecular formula is C55H105NO6. The number of hydrogen-bond acceptors (Lipinski definition) is 7. The molecule has 1 unspecified atom stereocenters. The van der Waals surface area contributed by atoms with Gasteiger partial charge in [-0.3, -0.25) is 14.4 Å². The molecule has 0 N–H and O–H groups in total. The van der Waals surface area contributed by atoms with Crippen molar-refractivity contribution >= 4 is 17.7 Å². The fourth-order valence-electron chi connectivity index (χ4n) is 8.48. The molecular weight excluding hydrogens is 771 g/mol. The average molecular weight is 876 g/mol. The van der Waals surface area contributed by atoms with Crippen molar-refractivity contribution in [3.05, 3.63) is 12.2 Å². The maximum Gasteiger partial charge on any atom is 0.306 e. The number of carbonyl (C=O) groups is 3. The molecule has 366 valence electrons. The molecule has 0 aliphatic carbocycles. The van der Waals surface area contributed by atoms with Crippen molar-refractivity contribution in [1.82, 2.24) is 4.90 Å². The topological polar surface area (TPSA) is 82.1 Å². The summed E-state index contributed by atoms with van der Waals surface area (Å²) < 4.78 is 17.1. The minimum atomic E-state index is -0.109. The Balaban J connectivity index is 4.29. The van der Waals surface area contributed by atoms with Crippen molar-refractivity contribution in [2.24, 2.45) is 5.92 Å². The van der Waals surface area contributed by atoms with Gasteiger partial charge in [-0.2, -0.15) is 0 Å². The summed E-state index contributed by atoms with van der Waals surface area (Å²) in [6, 6.07) is 0. The molecule has 7 nitrogen and oxygen atoms in total. The first-order valence-electron chi connectivity index (χ1n) is 27.1. The van der Waals surface area contributed by atoms with E-state index in [9.17, 15) is 14.4 Å². The highest BCUT2D eigenvalue weighted by Gasteiger charge is 2.16. The number of ether oxygens (including phenoxy) is 3. The summed E-state index contributed by atoms with van der Waals surface area (Å²) in [5.41, 5.74) is 0. The van der Waals surface area contributed by atoms with Gasteiger partial charge in [0.15, 0.2) is 0 Å². The van der Waals surface area contributed by atoms with Crippen LogP contribution in [0, 0.1) is 5.92 Å². The van der Waals surface area contributed by atoms with Gasteiger partial charge in [-0.15, -0.1) is 0 Å². The highest BCUT2D eigenvalue weighted by molar-refractivity contribution is 5.78. The van der Waals surface area contributed by atoms with Crippen LogP contribution in [0.25, 0.3) is 0 Å². The molecule has 0 aliphatic heterocycles. The molecule has 0 radical (unpaired) electrons. The van der Waals surface area contributed by atoms with Crippen LogP contribution in [0.4, 0.5) is 0 Å². The number of carbonyl (C=O) groups excluding carboxylic acids is 3. The van der Waals surface area contributed by atoms with Crippen molar-refractivity contribution in [2.45, 2.75) is 277 Å². The maximum atomic E-state index is 12.9. The van der Waals surface area contributed by atoms with Gasteiger partial charge in [0.1, 0.15) is 18.5 Å². The van der Waals surface area contributed by atoms with E-state index in [4.69, 9.17) is 14.2 Å². The first kappa shape index (κ1) is 60.3. The SMILES string of the molecule is CCCCCCCCOC/C=C\COC(=O)CCCCCCCCC(CCCCCCCCC(=O)OC(CCCCCCCC)CCCCCCCC)CC(=O)CCCN(C)C. The molecule has 0 saturated carbocycles. The van der Waals surface area contributed by atoms with E-state index < -0.39 is 0 Å². The zero-order valence-electron chi connectivity index (χ0n) is 42.1. The van der Waals surface area contributed by atoms with Gasteiger partial charge in [-0.05, 0) is 84.0 Å². The Bertz CT molecular complexity index is 982. The summed E-state index contributed by atoms with van der Waals surface area (Å²) in [7, 11) is 4.15. The van der Waals surface area contributed by atoms with Crippen LogP contribution in [0.2, 0.25) is 0 Å². The van der Waals surface area contributed by atoms with Crippen LogP contribution in [-0.4, -0.2) is 69.2 Å². The van der Waals surface area contributed by atoms with Crippen molar-refractivity contribution in [3.8, 4) is 0 Å². The van der Waals surface area contributed by atoms with Crippen LogP contribution in [-0.2, 0) is 28.6 Å². The van der Waals surface area contributed by atoms with Gasteiger partial charge in [0.25, 0.3) is 0 Å². The number of unbranched alkanes of at least 4 members (excludes halogenated alkanes) is 25. The van der Waals surface area contributed by atoms with E-state index >= 15 is 0 Å². The first-order chi connectivity index (χ1) is 30.3. The second-order valence-corrected chi connectivity index (χ2v) is 19.1. The Morgan fingerprint density at radius 1 is 0.452 bits per heavy atom. The molecule has 7 heteroatoms. The van der Waals surface area contributed by atoms with E-state index in [1.165, 1.54) is 154 Å². The Labute approximate surface area is 385 Å². The lowest BCUT2D eigenvalue weighted by Gasteiger charge is -2.18. The molecule has 0 aromatic rings. The van der Waals surface area contributed by atoms with Crippen molar-refractivity contribution in [3.63, 3.8) is 0 Å². The molecule has 0 aromatic carbocycles. The predicted molar refractivity (Wildman–Crippen MR) is 265 cm³/mol. The van der Waals surface area contributed by atoms with Gasteiger partial charge in [0, 0.05) is 32.3 Å². The zero-order valence-corrected chi connectivity index (χ0v) is 42.1. The second kappa shape index (κ2) is 48.7. The molecule has 0 fully saturated rings. The zero-order chi connectivity index (χ0) is 45.4. The van der Waals surface area contributed by atoms with Gasteiger partial charge in [-0.25, -0.2) is 0 Å². The first-order valence-corrected chi connectivity index (χ1v) is 27.1. The average Bonchev–Trinajstić information content (AvgIpc) is 3.25. The third kappa shape index (κ3) is 46.3. The molecule has 0 aromatic heterocycles. The van der Waals surface area contributed by atoms with Crippen molar-refractivity contribution in [2.75, 3.05) is 40.5 Å². The number of Topliss-reactive ketones (excluding diaryl/α,β-unsaturated/α-hetero) is 1. The quantitative estimate of drug-likeness (QED) is 0.0342. The fourth-order valence-corrected chi connectivity index (χ4v) is 8.48. The minimum absolute atomic E-state index is 0.0179. The highest BCUT2D eigenvalue weighted by Crippen LogP contribution is 2.24. The van der Waals surface area contributed by atoms with E-state index in [-0.39, 0.29) is 18.0 Å². The molecule has 62 heavy (non-hydrogen) atoms. The van der Waals surface area contributed by atoms with E-state index in [1.807, 2.05) is 12.2 Å². The number of rotatable bonds is 50. The van der Waals surface area contributed by atoms with Crippen molar-refractivity contribution < 1.29 is 28.6 Å². The minimum Gasteiger partial charge on any atom is -0.462 e. The molecule has 0 aliphatic rings. The number of ketones is 1. The molecule has 0 bridgehead atoms. The van der Waals surface area contributed by atoms with Crippen molar-refractivity contribution in [1.29, 1.82) is 0 Å². The lowest BCUT2D eigenvalue weighted by molar-refractivity contribution is -0.150. The Hall–Kier alpha value is -1.73. The Kier molecular flexibility index (Phi) is 47.4. The van der Waals surface area contributed by atoms with Crippen LogP contribution < -0.4 is 0 Å². The number of esters is 2. The molecule has 0 spiro atoms. The van der Waals surface area contributed by atoms with Crippen LogP contribution in [0.1, 0.15) is 271 Å². The highest BCUT2D eigenvalue weighted by atomic mass is 16.5. The summed E-state index contributed by atoms with van der Waals surface area (Å²) in [6.07, 6.45) is 48.2. The maximum absolute atomic E-state index is 12.9. The van der Waals surface area contributed by atoms with Crippen LogP contribution in [0.15, 0.2) is 12.2 Å². The van der Waals surface area contributed by atoms with E-state index in [0.29, 0.717) is 44.2 Å². The van der Waals surface area contributed by atoms with Gasteiger partial charge < -0.3 is 19.1 Å². The van der Waals surface area contributed by atoms with E-state index in [1.54, 1.807) is 0 Å². The van der Waals surface area contributed by atoms with Crippen LogP contribution >= 0.6 is 0 Å². The number of hydrogen-bond donors (Lipinski definition) is 0. The lowest BCUT2D eigenvalue weighted by Crippen LogP contribution is -2.18. The standard InChI is InChI=1S/C55H105NO6/c1-6-9-12-15-24-31-42-53(43-32-25-16-13-10-7-2)62-55(59)45-34-27-21-19-23-30-40-51(50-52(57)41-38-46-56(4)5)39-29-22-18-20-26-33-44-54(58)61-49-37-36-48-60-47-35-28-17-14-11-8-3/h36-37,51,53H,6-35,38-50H2,1-5H3/b37-36-. The molecule has 0 heterocycles. The summed E-state index contributed by atoms with van der Waals surface area (Å²) >= 11 is 0. The third-order valence-corrected chi connectivity index (χ3v) is 12.5. The summed E-state index contributed by atoms with van der Waals surface area (Å²) in [4.78, 5) is 40.0. The van der Waals surface area contributed by atoms with Gasteiger partial charge >= 0.3 is 11.9 Å². The lowest BCUT2D eigenvalue weighted by atomic mass is 9.89. The molecule has 1 atom stereocenters. The monoisotopic (exact) mass is 876 g/mol. The summed E-state index contributed by atoms with van der Waals surface area (Å²) in [5, 5.41) is 0. The van der Waals surface area contributed by atoms with Crippen LogP contribution in [0.5, 0.6) is 0 Å². The van der Waals surface area contributed by atoms with Gasteiger partial charge in [0.2, 0.25) is 0 Å². The van der Waals surface area contributed by atoms with Gasteiger partial charge in [-0.1, -0.05) is 200 Å². The third-order valence-electron chi connectivity index (χ3n) is 12.5. The largest absolute Gasteiger partial charge is 0.462 e. The fraction of sp³-hybridized carbons (Fsp3) is 0.909. The Morgan fingerprint density at radius 2 is 0.871 bits per heavy atom. The molecule has 0 amide bonds. The Morgan fingerprint density at radius 3 is 1.37 bits per heavy atom. The van der Waals surface area contributed by atoms with E-state index in [2.05, 4.69) is 39.8 Å². The predicted octanol–water partition coefficient (Wildman–Crippen LogP) is 16.0. The second-order valence-electron chi connectivity index (χ2n) is 19.1. The van der Waals surface area contributed by atoms with Gasteiger partial charge in [0.05, 0.1) is 6.61 Å². The smallest absolute Gasteiger partial charge is 0.306 e.